The summed E-state index contributed by atoms with van der Waals surface area (Å²) in [6, 6.07) is 4.85. The molecule has 2 heterocycles. The molecular formula is C17H22FN3O. The largest absolute Gasteiger partial charge is 0.368 e. The number of hydrogen-bond acceptors (Lipinski definition) is 3. The summed E-state index contributed by atoms with van der Waals surface area (Å²) in [7, 11) is 2.11. The number of halogens is 1. The van der Waals surface area contributed by atoms with E-state index in [0.717, 1.165) is 62.4 Å². The lowest BCUT2D eigenvalue weighted by atomic mass is 10.0. The van der Waals surface area contributed by atoms with Gasteiger partial charge in [0.2, 0.25) is 5.91 Å². The minimum Gasteiger partial charge on any atom is -0.368 e. The van der Waals surface area contributed by atoms with Gasteiger partial charge in [0, 0.05) is 49.5 Å². The second-order valence-corrected chi connectivity index (χ2v) is 6.02. The Bertz CT molecular complexity index is 592. The molecule has 2 fully saturated rings. The van der Waals surface area contributed by atoms with Gasteiger partial charge in [-0.1, -0.05) is 0 Å². The first-order valence-electron chi connectivity index (χ1n) is 7.85. The number of anilines is 1. The molecule has 0 bridgehead atoms. The summed E-state index contributed by atoms with van der Waals surface area (Å²) >= 11 is 0. The van der Waals surface area contributed by atoms with E-state index in [2.05, 4.69) is 22.2 Å². The molecule has 1 aromatic rings. The maximum Gasteiger partial charge on any atom is 0.247 e. The van der Waals surface area contributed by atoms with Gasteiger partial charge in [0.15, 0.2) is 0 Å². The zero-order valence-electron chi connectivity index (χ0n) is 12.9. The van der Waals surface area contributed by atoms with Crippen LogP contribution in [-0.2, 0) is 4.79 Å². The Morgan fingerprint density at radius 2 is 2.00 bits per heavy atom. The second kappa shape index (κ2) is 6.48. The van der Waals surface area contributed by atoms with Gasteiger partial charge < -0.3 is 15.1 Å². The molecule has 0 unspecified atom stereocenters. The molecule has 2 aliphatic heterocycles. The van der Waals surface area contributed by atoms with E-state index in [4.69, 9.17) is 0 Å². The fourth-order valence-corrected chi connectivity index (χ4v) is 3.01. The highest BCUT2D eigenvalue weighted by atomic mass is 19.1. The lowest BCUT2D eigenvalue weighted by Gasteiger charge is -2.35. The topological polar surface area (TPSA) is 35.6 Å². The Labute approximate surface area is 130 Å². The Kier molecular flexibility index (Phi) is 4.43. The van der Waals surface area contributed by atoms with E-state index >= 15 is 0 Å². The van der Waals surface area contributed by atoms with Gasteiger partial charge in [0.05, 0.1) is 0 Å². The minimum absolute atomic E-state index is 0.0279. The van der Waals surface area contributed by atoms with E-state index in [1.807, 2.05) is 12.1 Å². The number of benzene rings is 1. The van der Waals surface area contributed by atoms with Crippen LogP contribution in [0.3, 0.4) is 0 Å². The zero-order valence-corrected chi connectivity index (χ0v) is 12.9. The molecule has 118 valence electrons. The molecule has 1 amide bonds. The first kappa shape index (κ1) is 15.0. The highest BCUT2D eigenvalue weighted by Crippen LogP contribution is 2.26. The van der Waals surface area contributed by atoms with Crippen molar-refractivity contribution in [2.75, 3.05) is 44.7 Å². The normalized spacial score (nSPS) is 22.0. The molecule has 0 radical (unpaired) electrons. The molecule has 0 spiro atoms. The van der Waals surface area contributed by atoms with Gasteiger partial charge >= 0.3 is 0 Å². The van der Waals surface area contributed by atoms with E-state index in [0.29, 0.717) is 0 Å². The van der Waals surface area contributed by atoms with Crippen LogP contribution in [0.15, 0.2) is 23.8 Å². The van der Waals surface area contributed by atoms with Crippen molar-refractivity contribution >= 4 is 17.7 Å². The number of carbonyl (C=O) groups is 1. The van der Waals surface area contributed by atoms with Gasteiger partial charge in [0.1, 0.15) is 5.82 Å². The van der Waals surface area contributed by atoms with E-state index in [1.165, 1.54) is 12.1 Å². The van der Waals surface area contributed by atoms with E-state index in [1.54, 1.807) is 0 Å². The molecule has 0 atom stereocenters. The quantitative estimate of drug-likeness (QED) is 0.847. The highest BCUT2D eigenvalue weighted by Gasteiger charge is 2.19. The summed E-state index contributed by atoms with van der Waals surface area (Å²) in [6.45, 7) is 4.56. The highest BCUT2D eigenvalue weighted by molar-refractivity contribution is 5.99. The molecule has 22 heavy (non-hydrogen) atoms. The van der Waals surface area contributed by atoms with Gasteiger partial charge in [-0.25, -0.2) is 4.39 Å². The van der Waals surface area contributed by atoms with Crippen molar-refractivity contribution in [1.82, 2.24) is 10.2 Å². The summed E-state index contributed by atoms with van der Waals surface area (Å²) < 4.78 is 13.7. The maximum atomic E-state index is 13.7. The first-order chi connectivity index (χ1) is 10.6. The monoisotopic (exact) mass is 303 g/mol. The van der Waals surface area contributed by atoms with Crippen LogP contribution in [-0.4, -0.2) is 50.6 Å². The van der Waals surface area contributed by atoms with Crippen LogP contribution in [0.2, 0.25) is 0 Å². The van der Waals surface area contributed by atoms with Crippen LogP contribution < -0.4 is 10.2 Å². The molecule has 3 rings (SSSR count). The van der Waals surface area contributed by atoms with E-state index < -0.39 is 0 Å². The molecule has 0 aliphatic carbocycles. The van der Waals surface area contributed by atoms with Crippen LogP contribution in [0, 0.1) is 5.82 Å². The van der Waals surface area contributed by atoms with Crippen LogP contribution in [0.4, 0.5) is 10.1 Å². The van der Waals surface area contributed by atoms with Gasteiger partial charge in [-0.2, -0.15) is 0 Å². The number of rotatable bonds is 2. The number of piperidine rings is 1. The average Bonchev–Trinajstić information content (AvgIpc) is 2.51. The number of carbonyl (C=O) groups excluding carboxylic acids is 1. The Morgan fingerprint density at radius 3 is 2.73 bits per heavy atom. The van der Waals surface area contributed by atoms with Crippen molar-refractivity contribution < 1.29 is 9.18 Å². The third-order valence-corrected chi connectivity index (χ3v) is 4.36. The standard InChI is InChI=1S/C17H22FN3O/c1-20-7-9-21(10-8-20)16-5-4-15(18)12-14(16)11-13-3-2-6-19-17(13)22/h4-5,11-12H,2-3,6-10H2,1H3,(H,19,22). The predicted octanol–water partition coefficient (Wildman–Crippen LogP) is 1.87. The summed E-state index contributed by atoms with van der Waals surface area (Å²) in [6.07, 6.45) is 3.55. The smallest absolute Gasteiger partial charge is 0.247 e. The van der Waals surface area contributed by atoms with Crippen LogP contribution in [0.5, 0.6) is 0 Å². The van der Waals surface area contributed by atoms with Crippen molar-refractivity contribution in [2.45, 2.75) is 12.8 Å². The molecule has 2 saturated heterocycles. The third-order valence-electron chi connectivity index (χ3n) is 4.36. The van der Waals surface area contributed by atoms with Crippen LogP contribution in [0.1, 0.15) is 18.4 Å². The number of amides is 1. The van der Waals surface area contributed by atoms with E-state index in [9.17, 15) is 9.18 Å². The second-order valence-electron chi connectivity index (χ2n) is 6.02. The summed E-state index contributed by atoms with van der Waals surface area (Å²) in [5.74, 6) is -0.291. The molecule has 2 aliphatic rings. The van der Waals surface area contributed by atoms with Crippen molar-refractivity contribution in [2.24, 2.45) is 0 Å². The SMILES string of the molecule is CN1CCN(c2ccc(F)cc2C=C2CCCNC2=O)CC1. The molecular weight excluding hydrogens is 281 g/mol. The Morgan fingerprint density at radius 1 is 1.23 bits per heavy atom. The van der Waals surface area contributed by atoms with Gasteiger partial charge in [-0.3, -0.25) is 4.79 Å². The third kappa shape index (κ3) is 3.30. The number of nitrogens with one attached hydrogen (secondary N) is 1. The van der Waals surface area contributed by atoms with Crippen molar-refractivity contribution in [3.05, 3.63) is 35.2 Å². The van der Waals surface area contributed by atoms with Crippen molar-refractivity contribution in [3.8, 4) is 0 Å². The summed E-state index contributed by atoms with van der Waals surface area (Å²) in [5, 5.41) is 2.85. The van der Waals surface area contributed by atoms with Gasteiger partial charge in [-0.15, -0.1) is 0 Å². The first-order valence-corrected chi connectivity index (χ1v) is 7.85. The fourth-order valence-electron chi connectivity index (χ4n) is 3.01. The Balaban J connectivity index is 1.91. The molecule has 0 aromatic heterocycles. The molecule has 1 aromatic carbocycles. The number of piperazine rings is 1. The summed E-state index contributed by atoms with van der Waals surface area (Å²) in [4.78, 5) is 16.5. The van der Waals surface area contributed by atoms with Crippen LogP contribution in [0.25, 0.3) is 6.08 Å². The minimum atomic E-state index is -0.263. The maximum absolute atomic E-state index is 13.7. The van der Waals surface area contributed by atoms with Crippen molar-refractivity contribution in [1.29, 1.82) is 0 Å². The molecule has 4 nitrogen and oxygen atoms in total. The Hall–Kier alpha value is -1.88. The number of hydrogen-bond donors (Lipinski definition) is 1. The molecule has 1 N–H and O–H groups in total. The van der Waals surface area contributed by atoms with Crippen molar-refractivity contribution in [3.63, 3.8) is 0 Å². The fraction of sp³-hybridized carbons (Fsp3) is 0.471. The average molecular weight is 303 g/mol. The number of likely N-dealkylation sites (N-methyl/N-ethyl adjacent to an activating group) is 1. The summed E-state index contributed by atoms with van der Waals surface area (Å²) in [5.41, 5.74) is 2.56. The lowest BCUT2D eigenvalue weighted by Crippen LogP contribution is -2.44. The van der Waals surface area contributed by atoms with E-state index in [-0.39, 0.29) is 11.7 Å². The zero-order chi connectivity index (χ0) is 15.5. The van der Waals surface area contributed by atoms with Gasteiger partial charge in [-0.05, 0) is 44.2 Å². The molecule has 5 heteroatoms. The van der Waals surface area contributed by atoms with Crippen LogP contribution >= 0.6 is 0 Å². The predicted molar refractivity (Wildman–Crippen MR) is 86.3 cm³/mol. The number of nitrogens with zero attached hydrogens (tertiary/aromatic N) is 2. The van der Waals surface area contributed by atoms with Gasteiger partial charge in [0.25, 0.3) is 0 Å². The lowest BCUT2D eigenvalue weighted by molar-refractivity contribution is -0.118. The molecule has 0 saturated carbocycles.